The third-order valence-electron chi connectivity index (χ3n) is 7.23. The van der Waals surface area contributed by atoms with Crippen molar-refractivity contribution in [3.8, 4) is 11.1 Å². The third-order valence-corrected chi connectivity index (χ3v) is 8.58. The van der Waals surface area contributed by atoms with Crippen molar-refractivity contribution in [1.29, 1.82) is 0 Å². The number of rotatable bonds is 10. The lowest BCUT2D eigenvalue weighted by molar-refractivity contribution is -0.132. The molecule has 6 nitrogen and oxygen atoms in total. The zero-order valence-electron chi connectivity index (χ0n) is 23.8. The van der Waals surface area contributed by atoms with E-state index >= 15 is 0 Å². The number of benzene rings is 5. The maximum atomic E-state index is 13.8. The lowest BCUT2D eigenvalue weighted by Gasteiger charge is -2.25. The lowest BCUT2D eigenvalue weighted by atomic mass is 10.0. The topological polar surface area (TPSA) is 83.6 Å². The van der Waals surface area contributed by atoms with Crippen LogP contribution in [0.2, 0.25) is 0 Å². The highest BCUT2D eigenvalue weighted by Crippen LogP contribution is 2.23. The van der Waals surface area contributed by atoms with E-state index < -0.39 is 27.8 Å². The number of nitrogens with one attached hydrogen (secondary N) is 1. The summed E-state index contributed by atoms with van der Waals surface area (Å²) in [6.07, 6.45) is 3.59. The molecule has 0 saturated heterocycles. The van der Waals surface area contributed by atoms with Crippen molar-refractivity contribution in [2.75, 3.05) is 11.4 Å². The Bertz CT molecular complexity index is 1850. The van der Waals surface area contributed by atoms with Crippen LogP contribution >= 0.6 is 0 Å². The number of hydrogen-bond donors (Lipinski definition) is 1. The van der Waals surface area contributed by atoms with Gasteiger partial charge in [0.05, 0.1) is 4.90 Å². The van der Waals surface area contributed by atoms with Gasteiger partial charge in [-0.15, -0.1) is 0 Å². The van der Waals surface area contributed by atoms with E-state index in [4.69, 9.17) is 0 Å². The van der Waals surface area contributed by atoms with E-state index in [9.17, 15) is 18.0 Å². The van der Waals surface area contributed by atoms with Gasteiger partial charge >= 0.3 is 0 Å². The summed E-state index contributed by atoms with van der Waals surface area (Å²) >= 11 is 0. The minimum atomic E-state index is -4.23. The molecule has 5 rings (SSSR count). The molecular weight excluding hydrogens is 556 g/mol. The molecule has 0 bridgehead atoms. The summed E-state index contributed by atoms with van der Waals surface area (Å²) in [7, 11) is -4.23. The Labute approximate surface area is 252 Å². The van der Waals surface area contributed by atoms with Gasteiger partial charge in [-0.2, -0.15) is 0 Å². The minimum absolute atomic E-state index is 0.0156. The summed E-state index contributed by atoms with van der Waals surface area (Å²) in [4.78, 5) is 28.8. The highest BCUT2D eigenvalue weighted by molar-refractivity contribution is 7.90. The standard InChI is InChI=1S/C36H32N2O4S/c1-2-38(32-17-7-4-8-18-32)36(40)34(19-11-12-27-20-22-30(23-21-27)28-13-5-3-6-14-28)35(39)37-43(41,42)33-25-24-29-15-9-10-16-31(29)26-33/h3-18,20-26,34H,2,19H2,1H3,(H,37,39). The SMILES string of the molecule is CCN(C(=O)C(CC=Cc1ccc(-c2ccccc2)cc1)C(=O)NS(=O)(=O)c1ccc2ccccc2c1)c1ccccc1. The molecule has 0 radical (unpaired) electrons. The Balaban J connectivity index is 1.39. The summed E-state index contributed by atoms with van der Waals surface area (Å²) in [6, 6.07) is 39.0. The monoisotopic (exact) mass is 588 g/mol. The molecule has 0 aliphatic heterocycles. The summed E-state index contributed by atoms with van der Waals surface area (Å²) in [5.74, 6) is -2.63. The first-order chi connectivity index (χ1) is 20.9. The van der Waals surface area contributed by atoms with Crippen LogP contribution in [-0.2, 0) is 19.6 Å². The second-order valence-corrected chi connectivity index (χ2v) is 11.8. The van der Waals surface area contributed by atoms with Crippen LogP contribution in [0.15, 0.2) is 138 Å². The normalized spacial score (nSPS) is 12.2. The molecule has 1 unspecified atom stereocenters. The van der Waals surface area contributed by atoms with Gasteiger partial charge in [0, 0.05) is 12.2 Å². The van der Waals surface area contributed by atoms with Crippen LogP contribution < -0.4 is 9.62 Å². The van der Waals surface area contributed by atoms with E-state index in [1.54, 1.807) is 30.3 Å². The predicted octanol–water partition coefficient (Wildman–Crippen LogP) is 7.08. The Hall–Kier alpha value is -5.01. The highest BCUT2D eigenvalue weighted by Gasteiger charge is 2.33. The van der Waals surface area contributed by atoms with E-state index in [2.05, 4.69) is 4.72 Å². The van der Waals surface area contributed by atoms with Crippen molar-refractivity contribution in [2.24, 2.45) is 5.92 Å². The van der Waals surface area contributed by atoms with Crippen molar-refractivity contribution in [3.63, 3.8) is 0 Å². The van der Waals surface area contributed by atoms with Gasteiger partial charge in [-0.05, 0) is 65.1 Å². The molecule has 0 aromatic heterocycles. The van der Waals surface area contributed by atoms with Gasteiger partial charge in [0.25, 0.3) is 10.0 Å². The number of sulfonamides is 1. The van der Waals surface area contributed by atoms with Crippen molar-refractivity contribution in [1.82, 2.24) is 4.72 Å². The van der Waals surface area contributed by atoms with Gasteiger partial charge < -0.3 is 4.90 Å². The molecule has 43 heavy (non-hydrogen) atoms. The van der Waals surface area contributed by atoms with Crippen molar-refractivity contribution in [2.45, 2.75) is 18.2 Å². The van der Waals surface area contributed by atoms with E-state index in [0.29, 0.717) is 12.2 Å². The number of carbonyl (C=O) groups excluding carboxylic acids is 2. The fourth-order valence-electron chi connectivity index (χ4n) is 4.94. The summed E-state index contributed by atoms with van der Waals surface area (Å²) in [6.45, 7) is 2.13. The number of allylic oxidation sites excluding steroid dienone is 1. The van der Waals surface area contributed by atoms with E-state index in [-0.39, 0.29) is 11.3 Å². The molecule has 1 atom stereocenters. The average molecular weight is 589 g/mol. The van der Waals surface area contributed by atoms with E-state index in [0.717, 1.165) is 27.5 Å². The first-order valence-corrected chi connectivity index (χ1v) is 15.6. The van der Waals surface area contributed by atoms with E-state index in [1.807, 2.05) is 104 Å². The zero-order valence-corrected chi connectivity index (χ0v) is 24.6. The predicted molar refractivity (Wildman–Crippen MR) is 173 cm³/mol. The minimum Gasteiger partial charge on any atom is -0.312 e. The molecule has 1 N–H and O–H groups in total. The van der Waals surface area contributed by atoms with Gasteiger partial charge in [-0.25, -0.2) is 13.1 Å². The first kappa shape index (κ1) is 29.5. The summed E-state index contributed by atoms with van der Waals surface area (Å²) in [5, 5.41) is 1.61. The van der Waals surface area contributed by atoms with Crippen molar-refractivity contribution in [3.05, 3.63) is 139 Å². The van der Waals surface area contributed by atoms with Crippen LogP contribution in [0.1, 0.15) is 18.9 Å². The fourth-order valence-corrected chi connectivity index (χ4v) is 5.99. The molecule has 0 aliphatic carbocycles. The quantitative estimate of drug-likeness (QED) is 0.177. The largest absolute Gasteiger partial charge is 0.312 e. The number of amides is 2. The van der Waals surface area contributed by atoms with Crippen LogP contribution in [0, 0.1) is 5.92 Å². The summed E-state index contributed by atoms with van der Waals surface area (Å²) in [5.41, 5.74) is 3.70. The maximum absolute atomic E-state index is 13.8. The lowest BCUT2D eigenvalue weighted by Crippen LogP contribution is -2.45. The molecule has 0 saturated carbocycles. The highest BCUT2D eigenvalue weighted by atomic mass is 32.2. The van der Waals surface area contributed by atoms with Crippen LogP contribution in [0.3, 0.4) is 0 Å². The number of fused-ring (bicyclic) bond motifs is 1. The van der Waals surface area contributed by atoms with Crippen LogP contribution in [-0.4, -0.2) is 26.8 Å². The van der Waals surface area contributed by atoms with E-state index in [1.165, 1.54) is 17.0 Å². The average Bonchev–Trinajstić information content (AvgIpc) is 3.04. The van der Waals surface area contributed by atoms with Crippen LogP contribution in [0.4, 0.5) is 5.69 Å². The van der Waals surface area contributed by atoms with Gasteiger partial charge in [0.1, 0.15) is 5.92 Å². The van der Waals surface area contributed by atoms with Crippen molar-refractivity contribution >= 4 is 44.4 Å². The molecule has 5 aromatic carbocycles. The third kappa shape index (κ3) is 7.08. The Morgan fingerprint density at radius 1 is 0.744 bits per heavy atom. The number of nitrogens with zero attached hydrogens (tertiary/aromatic N) is 1. The van der Waals surface area contributed by atoms with Gasteiger partial charge in [0.15, 0.2) is 0 Å². The van der Waals surface area contributed by atoms with Gasteiger partial charge in [-0.3, -0.25) is 9.59 Å². The number of carbonyl (C=O) groups is 2. The van der Waals surface area contributed by atoms with Crippen molar-refractivity contribution < 1.29 is 18.0 Å². The van der Waals surface area contributed by atoms with Crippen LogP contribution in [0.5, 0.6) is 0 Å². The molecule has 5 aromatic rings. The summed E-state index contributed by atoms with van der Waals surface area (Å²) < 4.78 is 28.8. The second-order valence-electron chi connectivity index (χ2n) is 10.1. The molecule has 0 spiro atoms. The smallest absolute Gasteiger partial charge is 0.264 e. The second kappa shape index (κ2) is 13.3. The number of para-hydroxylation sites is 1. The molecule has 0 aliphatic rings. The Morgan fingerprint density at radius 2 is 1.35 bits per heavy atom. The Kier molecular flexibility index (Phi) is 9.13. The van der Waals surface area contributed by atoms with Crippen LogP contribution in [0.25, 0.3) is 28.0 Å². The fraction of sp³-hybridized carbons (Fsp3) is 0.111. The number of anilines is 1. The molecule has 216 valence electrons. The zero-order chi connectivity index (χ0) is 30.2. The number of hydrogen-bond acceptors (Lipinski definition) is 4. The first-order valence-electron chi connectivity index (χ1n) is 14.1. The molecule has 2 amide bonds. The van der Waals surface area contributed by atoms with Gasteiger partial charge in [-0.1, -0.05) is 115 Å². The molecular formula is C36H32N2O4S. The Morgan fingerprint density at radius 3 is 2.02 bits per heavy atom. The molecule has 7 heteroatoms. The van der Waals surface area contributed by atoms with Gasteiger partial charge in [0.2, 0.25) is 11.8 Å². The maximum Gasteiger partial charge on any atom is 0.264 e. The molecule has 0 heterocycles. The molecule has 0 fully saturated rings.